The van der Waals surface area contributed by atoms with Crippen molar-refractivity contribution in [3.8, 4) is 0 Å². The van der Waals surface area contributed by atoms with Crippen LogP contribution in [0.25, 0.3) is 0 Å². The van der Waals surface area contributed by atoms with Gasteiger partial charge in [0.05, 0.1) is 19.8 Å². The molecule has 1 aliphatic rings. The maximum Gasteiger partial charge on any atom is 0.328 e. The third kappa shape index (κ3) is 23.7. The molecule has 0 saturated carbocycles. The Morgan fingerprint density at radius 2 is 0.852 bits per heavy atom. The van der Waals surface area contributed by atoms with Crippen LogP contribution < -0.4 is 16.0 Å². The molecule has 61 heavy (non-hydrogen) atoms. The molecular formula is C41H64N6O14. The van der Waals surface area contributed by atoms with Crippen LogP contribution in [-0.4, -0.2) is 143 Å². The highest BCUT2D eigenvalue weighted by Crippen LogP contribution is 2.11. The van der Waals surface area contributed by atoms with Crippen molar-refractivity contribution in [1.29, 1.82) is 0 Å². The van der Waals surface area contributed by atoms with Crippen molar-refractivity contribution in [3.63, 3.8) is 0 Å². The third-order valence-corrected chi connectivity index (χ3v) is 9.13. The lowest BCUT2D eigenvalue weighted by Gasteiger charge is -2.20. The Kier molecular flexibility index (Phi) is 25.2. The van der Waals surface area contributed by atoms with Crippen molar-refractivity contribution in [2.24, 2.45) is 0 Å². The van der Waals surface area contributed by atoms with E-state index in [1.165, 1.54) is 37.8 Å². The number of rotatable bonds is 3. The molecule has 1 rings (SSSR count). The molecule has 342 valence electrons. The Hall–Kier alpha value is -5.63. The van der Waals surface area contributed by atoms with Crippen LogP contribution in [-0.2, 0) is 57.4 Å². The zero-order valence-corrected chi connectivity index (χ0v) is 36.4. The van der Waals surface area contributed by atoms with E-state index in [9.17, 15) is 53.6 Å². The highest BCUT2D eigenvalue weighted by atomic mass is 16.5. The molecule has 0 aromatic heterocycles. The fourth-order valence-corrected chi connectivity index (χ4v) is 5.80. The van der Waals surface area contributed by atoms with Crippen molar-refractivity contribution in [1.82, 2.24) is 31.0 Å². The second-order valence-electron chi connectivity index (χ2n) is 14.9. The lowest BCUT2D eigenvalue weighted by molar-refractivity contribution is -0.160. The van der Waals surface area contributed by atoms with Crippen LogP contribution in [0.3, 0.4) is 0 Å². The fourth-order valence-electron chi connectivity index (χ4n) is 5.80. The number of carbonyl (C=O) groups is 9. The monoisotopic (exact) mass is 864 g/mol. The molecule has 0 bridgehead atoms. The molecule has 1 aliphatic heterocycles. The molecule has 6 amide bonds. The maximum absolute atomic E-state index is 12.9. The van der Waals surface area contributed by atoms with Gasteiger partial charge in [-0.3, -0.25) is 39.2 Å². The summed E-state index contributed by atoms with van der Waals surface area (Å²) in [6.45, 7) is 8.24. The molecular weight excluding hydrogens is 800 g/mol. The number of carbonyl (C=O) groups excluding carboxylic acids is 9. The van der Waals surface area contributed by atoms with E-state index < -0.39 is 65.6 Å². The molecule has 0 radical (unpaired) electrons. The van der Waals surface area contributed by atoms with Crippen molar-refractivity contribution in [3.05, 3.63) is 34.9 Å². The number of cyclic esters (lactones) is 3. The second kappa shape index (κ2) is 28.8. The van der Waals surface area contributed by atoms with Crippen LogP contribution in [0.2, 0.25) is 0 Å². The van der Waals surface area contributed by atoms with Gasteiger partial charge in [0.1, 0.15) is 18.1 Å². The molecule has 0 unspecified atom stereocenters. The summed E-state index contributed by atoms with van der Waals surface area (Å²) < 4.78 is 16.0. The number of allylic oxidation sites excluding steroid dienone is 1. The first-order chi connectivity index (χ1) is 28.7. The van der Waals surface area contributed by atoms with Gasteiger partial charge in [0.25, 0.3) is 11.8 Å². The summed E-state index contributed by atoms with van der Waals surface area (Å²) in [5.41, 5.74) is 1.65. The van der Waals surface area contributed by atoms with Crippen LogP contribution in [0.15, 0.2) is 34.9 Å². The molecule has 5 N–H and O–H groups in total. The van der Waals surface area contributed by atoms with E-state index in [0.29, 0.717) is 46.1 Å². The van der Waals surface area contributed by atoms with Gasteiger partial charge >= 0.3 is 17.9 Å². The first-order valence-electron chi connectivity index (χ1n) is 20.3. The van der Waals surface area contributed by atoms with Gasteiger partial charge in [0.15, 0.2) is 0 Å². The summed E-state index contributed by atoms with van der Waals surface area (Å²) in [6.07, 6.45) is 5.52. The molecule has 0 spiro atoms. The zero-order chi connectivity index (χ0) is 46.1. The van der Waals surface area contributed by atoms with Gasteiger partial charge in [-0.25, -0.2) is 24.5 Å². The molecule has 0 saturated heterocycles. The number of likely N-dealkylation sites (N-methyl/N-ethyl adjacent to an activating group) is 1. The Bertz CT molecular complexity index is 1640. The lowest BCUT2D eigenvalue weighted by Crippen LogP contribution is -2.41. The Labute approximate surface area is 356 Å². The second-order valence-corrected chi connectivity index (χ2v) is 14.9. The fraction of sp³-hybridized carbons (Fsp3) is 0.634. The highest BCUT2D eigenvalue weighted by molar-refractivity contribution is 5.89. The van der Waals surface area contributed by atoms with E-state index in [0.717, 1.165) is 6.08 Å². The van der Waals surface area contributed by atoms with Gasteiger partial charge in [-0.15, -0.1) is 0 Å². The van der Waals surface area contributed by atoms with Crippen LogP contribution >= 0.6 is 0 Å². The lowest BCUT2D eigenvalue weighted by atomic mass is 10.1. The quantitative estimate of drug-likeness (QED) is 0.154. The van der Waals surface area contributed by atoms with E-state index >= 15 is 0 Å². The van der Waals surface area contributed by atoms with E-state index in [2.05, 4.69) is 16.0 Å². The topological polar surface area (TPSA) is 268 Å². The summed E-state index contributed by atoms with van der Waals surface area (Å²) >= 11 is 0. The number of ether oxygens (including phenoxy) is 3. The molecule has 0 aromatic carbocycles. The van der Waals surface area contributed by atoms with E-state index in [1.807, 2.05) is 0 Å². The Balaban J connectivity index is 3.13. The van der Waals surface area contributed by atoms with Crippen molar-refractivity contribution >= 4 is 53.4 Å². The average Bonchev–Trinajstić information content (AvgIpc) is 3.16. The summed E-state index contributed by atoms with van der Waals surface area (Å²) in [5.74, 6) is -5.44. The predicted molar refractivity (Wildman–Crippen MR) is 218 cm³/mol. The largest absolute Gasteiger partial charge is 0.464 e. The van der Waals surface area contributed by atoms with Crippen LogP contribution in [0.5, 0.6) is 0 Å². The standard InChI is InChI=1S/C41H64N6O14/c1-27-12-11-21-59-39(54)34(43-31(5)49)14-9-20-47(58)38(53)26-29(3)17-23-61-40(55)33(42-30(4)48)13-8-18-45(7)36(51)24-28(2)16-22-60-41(56)35(44-32(6)50)15-10-19-46(57)37(52)25-27/h24-26,33-35,57-58H,8-23H2,1-7H3,(H,42,48)(H,43,49)(H,44,50)/t33-,34+,35+/m0/s1. The normalized spacial score (nSPS) is 22.3. The first kappa shape index (κ1) is 53.4. The molecule has 20 nitrogen and oxygen atoms in total. The number of hydroxylamine groups is 4. The summed E-state index contributed by atoms with van der Waals surface area (Å²) in [6, 6.07) is -3.12. The number of hydrogen-bond donors (Lipinski definition) is 5. The van der Waals surface area contributed by atoms with Gasteiger partial charge in [-0.2, -0.15) is 0 Å². The van der Waals surface area contributed by atoms with E-state index in [1.54, 1.807) is 27.8 Å². The molecule has 0 fully saturated rings. The van der Waals surface area contributed by atoms with Gasteiger partial charge in [-0.05, 0) is 72.1 Å². The highest BCUT2D eigenvalue weighted by Gasteiger charge is 2.24. The minimum absolute atomic E-state index is 0.0344. The molecule has 1 heterocycles. The third-order valence-electron chi connectivity index (χ3n) is 9.13. The zero-order valence-electron chi connectivity index (χ0n) is 36.4. The van der Waals surface area contributed by atoms with E-state index in [-0.39, 0.29) is 90.3 Å². The van der Waals surface area contributed by atoms with Gasteiger partial charge < -0.3 is 35.1 Å². The smallest absolute Gasteiger partial charge is 0.328 e. The predicted octanol–water partition coefficient (Wildman–Crippen LogP) is 1.78. The van der Waals surface area contributed by atoms with E-state index in [4.69, 9.17) is 14.2 Å². The summed E-state index contributed by atoms with van der Waals surface area (Å²) in [4.78, 5) is 113. The number of hydrogen-bond acceptors (Lipinski definition) is 14. The van der Waals surface area contributed by atoms with Crippen LogP contribution in [0.4, 0.5) is 0 Å². The Morgan fingerprint density at radius 3 is 1.23 bits per heavy atom. The van der Waals surface area contributed by atoms with Crippen LogP contribution in [0, 0.1) is 0 Å². The Morgan fingerprint density at radius 1 is 0.525 bits per heavy atom. The number of esters is 3. The number of nitrogens with zero attached hydrogens (tertiary/aromatic N) is 3. The minimum Gasteiger partial charge on any atom is -0.464 e. The van der Waals surface area contributed by atoms with Crippen molar-refractivity contribution < 1.29 is 67.8 Å². The molecule has 0 aromatic rings. The molecule has 20 heteroatoms. The van der Waals surface area contributed by atoms with Crippen molar-refractivity contribution in [2.45, 2.75) is 124 Å². The van der Waals surface area contributed by atoms with Crippen molar-refractivity contribution in [2.75, 3.05) is 46.5 Å². The summed E-state index contributed by atoms with van der Waals surface area (Å²) in [7, 11) is 1.57. The SMILES string of the molecule is CC(=O)N[C@H]1CCCN(C)C(=O)C=C(C)CCOC(=O)[C@H](NC(C)=O)CCCN(O)C(=O)C=C(C)CCCOC(=O)[C@H](NC(C)=O)CCCN(O)C(=O)C=C(C)CCOC1=O. The van der Waals surface area contributed by atoms with Gasteiger partial charge in [-0.1, -0.05) is 16.7 Å². The first-order valence-corrected chi connectivity index (χ1v) is 20.3. The average molecular weight is 865 g/mol. The van der Waals surface area contributed by atoms with Gasteiger partial charge in [0, 0.05) is 78.5 Å². The summed E-state index contributed by atoms with van der Waals surface area (Å²) in [5, 5.41) is 29.1. The van der Waals surface area contributed by atoms with Crippen LogP contribution in [0.1, 0.15) is 106 Å². The van der Waals surface area contributed by atoms with Gasteiger partial charge in [0.2, 0.25) is 23.6 Å². The number of nitrogens with one attached hydrogen (secondary N) is 3. The minimum atomic E-state index is -1.06. The molecule has 3 atom stereocenters. The maximum atomic E-state index is 12.9. The molecule has 0 aliphatic carbocycles. The number of amides is 6.